The van der Waals surface area contributed by atoms with E-state index in [0.29, 0.717) is 10.9 Å². The van der Waals surface area contributed by atoms with Crippen molar-refractivity contribution in [1.82, 2.24) is 4.72 Å². The monoisotopic (exact) mass is 379 g/mol. The van der Waals surface area contributed by atoms with Gasteiger partial charge in [-0.1, -0.05) is 22.9 Å². The lowest BCUT2D eigenvalue weighted by Crippen LogP contribution is -2.29. The van der Waals surface area contributed by atoms with Crippen molar-refractivity contribution in [2.75, 3.05) is 13.7 Å². The van der Waals surface area contributed by atoms with Crippen LogP contribution in [0.25, 0.3) is 0 Å². The summed E-state index contributed by atoms with van der Waals surface area (Å²) < 4.78 is 32.7. The Labute approximate surface area is 132 Å². The number of methoxy groups -OCH3 is 1. The Morgan fingerprint density at radius 1 is 1.48 bits per heavy atom. The molecule has 0 bridgehead atoms. The van der Waals surface area contributed by atoms with E-state index in [1.54, 1.807) is 19.1 Å². The molecular weight excluding hydrogens is 362 g/mol. The molecule has 0 heterocycles. The summed E-state index contributed by atoms with van der Waals surface area (Å²) in [7, 11) is -2.31. The maximum Gasteiger partial charge on any atom is 0.303 e. The number of hydrogen-bond donors (Lipinski definition) is 2. The molecule has 0 saturated carbocycles. The van der Waals surface area contributed by atoms with Crippen LogP contribution in [0.5, 0.6) is 5.75 Å². The molecule has 1 aromatic rings. The Morgan fingerprint density at radius 3 is 2.71 bits per heavy atom. The van der Waals surface area contributed by atoms with Gasteiger partial charge in [-0.15, -0.1) is 0 Å². The zero-order valence-electron chi connectivity index (χ0n) is 11.8. The molecule has 1 atom stereocenters. The van der Waals surface area contributed by atoms with Crippen LogP contribution in [-0.4, -0.2) is 33.1 Å². The SMILES string of the molecule is COc1ccc(Br)cc1S(=O)(=O)NCC(C)CCC(=O)O. The molecule has 0 radical (unpaired) electrons. The molecule has 0 fully saturated rings. The first-order valence-electron chi connectivity index (χ1n) is 6.31. The fourth-order valence-electron chi connectivity index (χ4n) is 1.66. The summed E-state index contributed by atoms with van der Waals surface area (Å²) in [6, 6.07) is 4.71. The Kier molecular flexibility index (Phi) is 6.63. The molecule has 0 spiro atoms. The molecule has 1 aromatic carbocycles. The number of carbonyl (C=O) groups is 1. The van der Waals surface area contributed by atoms with Crippen LogP contribution in [0, 0.1) is 5.92 Å². The van der Waals surface area contributed by atoms with E-state index in [-0.39, 0.29) is 29.5 Å². The minimum absolute atomic E-state index is 0.0170. The van der Waals surface area contributed by atoms with Gasteiger partial charge in [0.15, 0.2) is 0 Å². The second-order valence-corrected chi connectivity index (χ2v) is 7.34. The van der Waals surface area contributed by atoms with Gasteiger partial charge < -0.3 is 9.84 Å². The van der Waals surface area contributed by atoms with Gasteiger partial charge >= 0.3 is 5.97 Å². The first kappa shape index (κ1) is 17.9. The molecule has 2 N–H and O–H groups in total. The second-order valence-electron chi connectivity index (χ2n) is 4.68. The average Bonchev–Trinajstić information content (AvgIpc) is 2.43. The normalized spacial score (nSPS) is 12.9. The maximum atomic E-state index is 12.3. The predicted molar refractivity (Wildman–Crippen MR) is 81.9 cm³/mol. The topological polar surface area (TPSA) is 92.7 Å². The molecule has 6 nitrogen and oxygen atoms in total. The molecule has 0 saturated heterocycles. The van der Waals surface area contributed by atoms with E-state index in [1.165, 1.54) is 13.2 Å². The molecule has 0 amide bonds. The van der Waals surface area contributed by atoms with Crippen molar-refractivity contribution >= 4 is 31.9 Å². The van der Waals surface area contributed by atoms with Crippen molar-refractivity contribution < 1.29 is 23.1 Å². The van der Waals surface area contributed by atoms with Crippen LogP contribution in [-0.2, 0) is 14.8 Å². The Morgan fingerprint density at radius 2 is 2.14 bits per heavy atom. The lowest BCUT2D eigenvalue weighted by molar-refractivity contribution is -0.137. The van der Waals surface area contributed by atoms with Gasteiger partial charge in [0.1, 0.15) is 10.6 Å². The summed E-state index contributed by atoms with van der Waals surface area (Å²) in [6.07, 6.45) is 0.427. The maximum absolute atomic E-state index is 12.3. The summed E-state index contributed by atoms with van der Waals surface area (Å²) in [5.74, 6) is -0.712. The van der Waals surface area contributed by atoms with Gasteiger partial charge in [-0.3, -0.25) is 4.79 Å². The summed E-state index contributed by atoms with van der Waals surface area (Å²) in [5.41, 5.74) is 0. The highest BCUT2D eigenvalue weighted by Gasteiger charge is 2.20. The average molecular weight is 380 g/mol. The molecule has 0 aliphatic heterocycles. The van der Waals surface area contributed by atoms with Crippen molar-refractivity contribution in [3.8, 4) is 5.75 Å². The van der Waals surface area contributed by atoms with Gasteiger partial charge in [0.25, 0.3) is 0 Å². The Hall–Kier alpha value is -1.12. The van der Waals surface area contributed by atoms with Gasteiger partial charge in [-0.05, 0) is 30.5 Å². The summed E-state index contributed by atoms with van der Waals surface area (Å²) in [4.78, 5) is 10.5. The van der Waals surface area contributed by atoms with Crippen molar-refractivity contribution in [3.63, 3.8) is 0 Å². The number of halogens is 1. The standard InChI is InChI=1S/C13H18BrNO5S/c1-9(3-6-13(16)17)8-15-21(18,19)12-7-10(14)4-5-11(12)20-2/h4-5,7,9,15H,3,6,8H2,1-2H3,(H,16,17). The molecular formula is C13H18BrNO5S. The number of sulfonamides is 1. The third-order valence-corrected chi connectivity index (χ3v) is 4.83. The van der Waals surface area contributed by atoms with E-state index in [0.717, 1.165) is 0 Å². The molecule has 1 unspecified atom stereocenters. The largest absolute Gasteiger partial charge is 0.495 e. The van der Waals surface area contributed by atoms with Gasteiger partial charge in [0, 0.05) is 17.4 Å². The third-order valence-electron chi connectivity index (χ3n) is 2.89. The summed E-state index contributed by atoms with van der Waals surface area (Å²) in [6.45, 7) is 1.97. The highest BCUT2D eigenvalue weighted by molar-refractivity contribution is 9.10. The zero-order chi connectivity index (χ0) is 16.0. The molecule has 0 aromatic heterocycles. The number of rotatable bonds is 8. The van der Waals surface area contributed by atoms with Gasteiger partial charge in [-0.2, -0.15) is 0 Å². The highest BCUT2D eigenvalue weighted by Crippen LogP contribution is 2.27. The fourth-order valence-corrected chi connectivity index (χ4v) is 3.53. The molecule has 8 heteroatoms. The van der Waals surface area contributed by atoms with E-state index in [1.807, 2.05) is 0 Å². The number of carboxylic acid groups (broad SMARTS) is 1. The minimum Gasteiger partial charge on any atom is -0.495 e. The fraction of sp³-hybridized carbons (Fsp3) is 0.462. The van der Waals surface area contributed by atoms with E-state index in [2.05, 4.69) is 20.7 Å². The van der Waals surface area contributed by atoms with Crippen LogP contribution in [0.3, 0.4) is 0 Å². The third kappa shape index (κ3) is 5.64. The summed E-state index contributed by atoms with van der Waals surface area (Å²) >= 11 is 3.23. The van der Waals surface area contributed by atoms with Crippen LogP contribution in [0.4, 0.5) is 0 Å². The summed E-state index contributed by atoms with van der Waals surface area (Å²) in [5, 5.41) is 8.61. The van der Waals surface area contributed by atoms with Crippen LogP contribution in [0.15, 0.2) is 27.6 Å². The highest BCUT2D eigenvalue weighted by atomic mass is 79.9. The molecule has 0 aliphatic rings. The van der Waals surface area contributed by atoms with Gasteiger partial charge in [0.2, 0.25) is 10.0 Å². The van der Waals surface area contributed by atoms with Crippen LogP contribution < -0.4 is 9.46 Å². The number of hydrogen-bond acceptors (Lipinski definition) is 4. The number of ether oxygens (including phenoxy) is 1. The van der Waals surface area contributed by atoms with Crippen molar-refractivity contribution in [2.45, 2.75) is 24.7 Å². The minimum atomic E-state index is -3.71. The van der Waals surface area contributed by atoms with Crippen LogP contribution >= 0.6 is 15.9 Å². The van der Waals surface area contributed by atoms with Crippen molar-refractivity contribution in [3.05, 3.63) is 22.7 Å². The van der Waals surface area contributed by atoms with E-state index in [9.17, 15) is 13.2 Å². The van der Waals surface area contributed by atoms with Crippen molar-refractivity contribution in [1.29, 1.82) is 0 Å². The number of aliphatic carboxylic acids is 1. The number of benzene rings is 1. The zero-order valence-corrected chi connectivity index (χ0v) is 14.2. The molecule has 0 aliphatic carbocycles. The van der Waals surface area contributed by atoms with Crippen LogP contribution in [0.1, 0.15) is 19.8 Å². The number of nitrogens with one attached hydrogen (secondary N) is 1. The number of carboxylic acids is 1. The van der Waals surface area contributed by atoms with E-state index < -0.39 is 16.0 Å². The first-order valence-corrected chi connectivity index (χ1v) is 8.59. The van der Waals surface area contributed by atoms with E-state index in [4.69, 9.17) is 9.84 Å². The smallest absolute Gasteiger partial charge is 0.303 e. The quantitative estimate of drug-likeness (QED) is 0.722. The predicted octanol–water partition coefficient (Wildman–Crippen LogP) is 2.24. The Balaban J connectivity index is 2.78. The first-order chi connectivity index (χ1) is 9.76. The lowest BCUT2D eigenvalue weighted by atomic mass is 10.1. The molecule has 1 rings (SSSR count). The van der Waals surface area contributed by atoms with Crippen LogP contribution in [0.2, 0.25) is 0 Å². The Bertz CT molecular complexity index is 603. The van der Waals surface area contributed by atoms with Crippen molar-refractivity contribution in [2.24, 2.45) is 5.92 Å². The second kappa shape index (κ2) is 7.77. The van der Waals surface area contributed by atoms with E-state index >= 15 is 0 Å². The lowest BCUT2D eigenvalue weighted by Gasteiger charge is -2.14. The van der Waals surface area contributed by atoms with Gasteiger partial charge in [0.05, 0.1) is 7.11 Å². The molecule has 21 heavy (non-hydrogen) atoms. The van der Waals surface area contributed by atoms with Gasteiger partial charge in [-0.25, -0.2) is 13.1 Å². The molecule has 118 valence electrons.